The third-order valence-corrected chi connectivity index (χ3v) is 3.56. The van der Waals surface area contributed by atoms with E-state index in [4.69, 9.17) is 4.74 Å². The number of carbonyl (C=O) groups is 3. The average Bonchev–Trinajstić information content (AvgIpc) is 2.63. The van der Waals surface area contributed by atoms with Crippen molar-refractivity contribution in [1.29, 1.82) is 0 Å². The van der Waals surface area contributed by atoms with Gasteiger partial charge in [0.25, 0.3) is 0 Å². The molecule has 0 saturated carbocycles. The SMILES string of the molecule is CCOC(=O)CN(CC(=O)NC(=O)Nc1ccccc1)Cc1ccccc1. The quantitative estimate of drug-likeness (QED) is 0.698. The Hall–Kier alpha value is -3.19. The normalized spacial score (nSPS) is 10.3. The molecule has 2 rings (SSSR count). The van der Waals surface area contributed by atoms with E-state index in [9.17, 15) is 14.4 Å². The number of para-hydroxylation sites is 1. The van der Waals surface area contributed by atoms with Gasteiger partial charge in [0.05, 0.1) is 19.7 Å². The predicted molar refractivity (Wildman–Crippen MR) is 102 cm³/mol. The summed E-state index contributed by atoms with van der Waals surface area (Å²) < 4.78 is 4.96. The summed E-state index contributed by atoms with van der Waals surface area (Å²) in [6.07, 6.45) is 0. The molecule has 0 bridgehead atoms. The molecule has 7 heteroatoms. The van der Waals surface area contributed by atoms with Crippen molar-refractivity contribution in [1.82, 2.24) is 10.2 Å². The Kier molecular flexibility index (Phi) is 7.99. The molecule has 0 radical (unpaired) electrons. The summed E-state index contributed by atoms with van der Waals surface area (Å²) >= 11 is 0. The number of nitrogens with one attached hydrogen (secondary N) is 2. The third-order valence-electron chi connectivity index (χ3n) is 3.56. The molecule has 3 amide bonds. The summed E-state index contributed by atoms with van der Waals surface area (Å²) in [6, 6.07) is 17.6. The Morgan fingerprint density at radius 2 is 1.56 bits per heavy atom. The standard InChI is InChI=1S/C20H23N3O4/c1-2-27-19(25)15-23(13-16-9-5-3-6-10-16)14-18(24)22-20(26)21-17-11-7-4-8-12-17/h3-12H,2,13-15H2,1H3,(H2,21,22,24,26). The second-order valence-electron chi connectivity index (χ2n) is 5.80. The van der Waals surface area contributed by atoms with Crippen molar-refractivity contribution in [3.63, 3.8) is 0 Å². The molecular weight excluding hydrogens is 346 g/mol. The number of anilines is 1. The summed E-state index contributed by atoms with van der Waals surface area (Å²) in [7, 11) is 0. The fourth-order valence-corrected chi connectivity index (χ4v) is 2.45. The van der Waals surface area contributed by atoms with Crippen LogP contribution >= 0.6 is 0 Å². The summed E-state index contributed by atoms with van der Waals surface area (Å²) in [5.41, 5.74) is 1.53. The highest BCUT2D eigenvalue weighted by Crippen LogP contribution is 2.06. The van der Waals surface area contributed by atoms with Gasteiger partial charge in [-0.05, 0) is 24.6 Å². The van der Waals surface area contributed by atoms with E-state index in [2.05, 4.69) is 10.6 Å². The minimum Gasteiger partial charge on any atom is -0.465 e. The van der Waals surface area contributed by atoms with Gasteiger partial charge in [0, 0.05) is 12.2 Å². The van der Waals surface area contributed by atoms with Crippen LogP contribution in [0.15, 0.2) is 60.7 Å². The van der Waals surface area contributed by atoms with E-state index in [0.29, 0.717) is 12.2 Å². The first kappa shape index (κ1) is 20.1. The van der Waals surface area contributed by atoms with Crippen LogP contribution in [0.4, 0.5) is 10.5 Å². The Morgan fingerprint density at radius 1 is 0.926 bits per heavy atom. The number of amides is 3. The van der Waals surface area contributed by atoms with Crippen LogP contribution in [0.1, 0.15) is 12.5 Å². The van der Waals surface area contributed by atoms with Crippen LogP contribution in [0.3, 0.4) is 0 Å². The molecular formula is C20H23N3O4. The number of nitrogens with zero attached hydrogens (tertiary/aromatic N) is 1. The lowest BCUT2D eigenvalue weighted by molar-refractivity contribution is -0.144. The molecule has 0 unspecified atom stereocenters. The van der Waals surface area contributed by atoms with E-state index in [1.54, 1.807) is 36.1 Å². The lowest BCUT2D eigenvalue weighted by Gasteiger charge is -2.20. The molecule has 0 aliphatic carbocycles. The van der Waals surface area contributed by atoms with E-state index in [0.717, 1.165) is 5.56 Å². The van der Waals surface area contributed by atoms with Crippen molar-refractivity contribution in [2.75, 3.05) is 25.0 Å². The van der Waals surface area contributed by atoms with Gasteiger partial charge in [-0.2, -0.15) is 0 Å². The number of ether oxygens (including phenoxy) is 1. The third kappa shape index (κ3) is 7.70. The van der Waals surface area contributed by atoms with E-state index < -0.39 is 17.9 Å². The Bertz CT molecular complexity index is 750. The van der Waals surface area contributed by atoms with Gasteiger partial charge in [0.2, 0.25) is 5.91 Å². The maximum absolute atomic E-state index is 12.2. The lowest BCUT2D eigenvalue weighted by atomic mass is 10.2. The van der Waals surface area contributed by atoms with Crippen LogP contribution in [0.25, 0.3) is 0 Å². The van der Waals surface area contributed by atoms with E-state index in [-0.39, 0.29) is 19.7 Å². The number of hydrogen-bond acceptors (Lipinski definition) is 5. The molecule has 0 saturated heterocycles. The molecule has 0 atom stereocenters. The van der Waals surface area contributed by atoms with Crippen LogP contribution in [0.2, 0.25) is 0 Å². The number of benzene rings is 2. The van der Waals surface area contributed by atoms with Gasteiger partial charge in [0.15, 0.2) is 0 Å². The second-order valence-corrected chi connectivity index (χ2v) is 5.80. The van der Waals surface area contributed by atoms with Crippen molar-refractivity contribution >= 4 is 23.6 Å². The maximum atomic E-state index is 12.2. The molecule has 0 spiro atoms. The number of rotatable bonds is 8. The molecule has 27 heavy (non-hydrogen) atoms. The highest BCUT2D eigenvalue weighted by Gasteiger charge is 2.17. The van der Waals surface area contributed by atoms with Crippen molar-refractivity contribution in [3.05, 3.63) is 66.2 Å². The summed E-state index contributed by atoms with van der Waals surface area (Å²) in [5, 5.41) is 4.84. The van der Waals surface area contributed by atoms with Crippen LogP contribution in [0, 0.1) is 0 Å². The maximum Gasteiger partial charge on any atom is 0.325 e. The summed E-state index contributed by atoms with van der Waals surface area (Å²) in [4.78, 5) is 37.6. The molecule has 2 aromatic rings. The van der Waals surface area contributed by atoms with Crippen molar-refractivity contribution in [3.8, 4) is 0 Å². The smallest absolute Gasteiger partial charge is 0.325 e. The molecule has 0 aliphatic rings. The Labute approximate surface area is 158 Å². The molecule has 7 nitrogen and oxygen atoms in total. The summed E-state index contributed by atoms with van der Waals surface area (Å²) in [6.45, 7) is 2.21. The lowest BCUT2D eigenvalue weighted by Crippen LogP contribution is -2.43. The first-order chi connectivity index (χ1) is 13.1. The van der Waals surface area contributed by atoms with Crippen LogP contribution < -0.4 is 10.6 Å². The number of esters is 1. The molecule has 0 aliphatic heterocycles. The predicted octanol–water partition coefficient (Wildman–Crippen LogP) is 2.40. The van der Waals surface area contributed by atoms with Crippen LogP contribution in [-0.4, -0.2) is 42.5 Å². The van der Waals surface area contributed by atoms with Crippen molar-refractivity contribution in [2.45, 2.75) is 13.5 Å². The molecule has 142 valence electrons. The highest BCUT2D eigenvalue weighted by molar-refractivity contribution is 6.01. The first-order valence-corrected chi connectivity index (χ1v) is 8.64. The second kappa shape index (κ2) is 10.7. The summed E-state index contributed by atoms with van der Waals surface area (Å²) in [5.74, 6) is -0.932. The molecule has 0 fully saturated rings. The Morgan fingerprint density at radius 3 is 2.19 bits per heavy atom. The fourth-order valence-electron chi connectivity index (χ4n) is 2.45. The van der Waals surface area contributed by atoms with Gasteiger partial charge in [-0.15, -0.1) is 0 Å². The highest BCUT2D eigenvalue weighted by atomic mass is 16.5. The van der Waals surface area contributed by atoms with E-state index >= 15 is 0 Å². The minimum atomic E-state index is -0.623. The fraction of sp³-hybridized carbons (Fsp3) is 0.250. The van der Waals surface area contributed by atoms with Crippen molar-refractivity contribution < 1.29 is 19.1 Å². The zero-order chi connectivity index (χ0) is 19.5. The minimum absolute atomic E-state index is 0.0452. The zero-order valence-corrected chi connectivity index (χ0v) is 15.2. The van der Waals surface area contributed by atoms with Gasteiger partial charge >= 0.3 is 12.0 Å². The van der Waals surface area contributed by atoms with Gasteiger partial charge < -0.3 is 10.1 Å². The molecule has 0 heterocycles. The number of carbonyl (C=O) groups excluding carboxylic acids is 3. The zero-order valence-electron chi connectivity index (χ0n) is 15.2. The van der Waals surface area contributed by atoms with Crippen LogP contribution in [-0.2, 0) is 20.9 Å². The van der Waals surface area contributed by atoms with E-state index in [1.807, 2.05) is 36.4 Å². The monoisotopic (exact) mass is 369 g/mol. The average molecular weight is 369 g/mol. The van der Waals surface area contributed by atoms with Gasteiger partial charge in [0.1, 0.15) is 0 Å². The largest absolute Gasteiger partial charge is 0.465 e. The topological polar surface area (TPSA) is 87.7 Å². The number of hydrogen-bond donors (Lipinski definition) is 2. The first-order valence-electron chi connectivity index (χ1n) is 8.64. The van der Waals surface area contributed by atoms with E-state index in [1.165, 1.54) is 0 Å². The Balaban J connectivity index is 1.92. The molecule has 2 aromatic carbocycles. The number of urea groups is 1. The van der Waals surface area contributed by atoms with Crippen molar-refractivity contribution in [2.24, 2.45) is 0 Å². The molecule has 0 aromatic heterocycles. The van der Waals surface area contributed by atoms with Gasteiger partial charge in [-0.1, -0.05) is 48.5 Å². The number of imide groups is 1. The van der Waals surface area contributed by atoms with Gasteiger partial charge in [-0.3, -0.25) is 19.8 Å². The van der Waals surface area contributed by atoms with Crippen LogP contribution in [0.5, 0.6) is 0 Å². The van der Waals surface area contributed by atoms with Gasteiger partial charge in [-0.25, -0.2) is 4.79 Å². The molecule has 2 N–H and O–H groups in total.